The number of benzene rings is 1. The van der Waals surface area contributed by atoms with Crippen LogP contribution in [0, 0.1) is 0 Å². The number of carboxylic acid groups (broad SMARTS) is 1. The van der Waals surface area contributed by atoms with Gasteiger partial charge in [0.05, 0.1) is 10.6 Å². The zero-order valence-electron chi connectivity index (χ0n) is 10.1. The number of amides is 1. The van der Waals surface area contributed by atoms with Gasteiger partial charge in [-0.1, -0.05) is 23.7 Å². The molecule has 0 saturated carbocycles. The molecule has 0 radical (unpaired) electrons. The Bertz CT molecular complexity index is 641. The molecule has 0 bridgehead atoms. The van der Waals surface area contributed by atoms with E-state index in [2.05, 4.69) is 5.32 Å². The highest BCUT2D eigenvalue weighted by Crippen LogP contribution is 2.24. The number of carbonyl (C=O) groups is 2. The van der Waals surface area contributed by atoms with Crippen LogP contribution in [0.1, 0.15) is 10.4 Å². The lowest BCUT2D eigenvalue weighted by molar-refractivity contribution is -0.118. The highest BCUT2D eigenvalue weighted by atomic mass is 35.5. The number of nitrogens with one attached hydrogen (secondary N) is 1. The van der Waals surface area contributed by atoms with Crippen LogP contribution in [0.25, 0.3) is 0 Å². The number of para-hydroxylation sites is 1. The van der Waals surface area contributed by atoms with Gasteiger partial charge in [-0.3, -0.25) is 4.79 Å². The van der Waals surface area contributed by atoms with E-state index in [4.69, 9.17) is 21.4 Å². The predicted octanol–water partition coefficient (Wildman–Crippen LogP) is 3.12. The molecule has 0 atom stereocenters. The fourth-order valence-electron chi connectivity index (χ4n) is 1.44. The Morgan fingerprint density at radius 3 is 2.75 bits per heavy atom. The molecule has 0 saturated heterocycles. The molecule has 0 spiro atoms. The molecule has 2 rings (SSSR count). The smallest absolute Gasteiger partial charge is 0.338 e. The van der Waals surface area contributed by atoms with E-state index in [9.17, 15) is 9.59 Å². The summed E-state index contributed by atoms with van der Waals surface area (Å²) >= 11 is 7.02. The standard InChI is InChI=1S/C13H10ClNO4S/c14-9-3-1-2-4-10(9)19-7-11(16)15-12-8(13(17)18)5-6-20-12/h1-6H,7H2,(H,15,16)(H,17,18). The molecule has 1 aromatic carbocycles. The second kappa shape index (κ2) is 6.40. The van der Waals surface area contributed by atoms with Crippen molar-refractivity contribution in [3.05, 3.63) is 46.3 Å². The minimum absolute atomic E-state index is 0.0566. The minimum Gasteiger partial charge on any atom is -0.482 e. The maximum absolute atomic E-state index is 11.7. The van der Waals surface area contributed by atoms with Gasteiger partial charge in [0.2, 0.25) is 0 Å². The van der Waals surface area contributed by atoms with Crippen molar-refractivity contribution >= 4 is 39.8 Å². The number of anilines is 1. The van der Waals surface area contributed by atoms with Crippen molar-refractivity contribution in [2.24, 2.45) is 0 Å². The number of carbonyl (C=O) groups excluding carboxylic acids is 1. The van der Waals surface area contributed by atoms with Gasteiger partial charge in [0, 0.05) is 0 Å². The highest BCUT2D eigenvalue weighted by Gasteiger charge is 2.14. The van der Waals surface area contributed by atoms with Crippen LogP contribution in [-0.2, 0) is 4.79 Å². The number of hydrogen-bond donors (Lipinski definition) is 2. The Morgan fingerprint density at radius 2 is 2.05 bits per heavy atom. The largest absolute Gasteiger partial charge is 0.482 e. The van der Waals surface area contributed by atoms with Gasteiger partial charge in [-0.2, -0.15) is 0 Å². The Balaban J connectivity index is 1.95. The number of thiophene rings is 1. The Morgan fingerprint density at radius 1 is 1.30 bits per heavy atom. The maximum Gasteiger partial charge on any atom is 0.338 e. The van der Waals surface area contributed by atoms with Gasteiger partial charge in [-0.05, 0) is 23.6 Å². The van der Waals surface area contributed by atoms with E-state index in [1.807, 2.05) is 0 Å². The molecule has 0 aliphatic carbocycles. The molecule has 0 unspecified atom stereocenters. The Hall–Kier alpha value is -2.05. The van der Waals surface area contributed by atoms with Crippen molar-refractivity contribution in [1.29, 1.82) is 0 Å². The predicted molar refractivity (Wildman–Crippen MR) is 76.9 cm³/mol. The number of halogens is 1. The fraction of sp³-hybridized carbons (Fsp3) is 0.0769. The van der Waals surface area contributed by atoms with E-state index in [1.54, 1.807) is 29.6 Å². The van der Waals surface area contributed by atoms with Gasteiger partial charge in [0.15, 0.2) is 6.61 Å². The SMILES string of the molecule is O=C(COc1ccccc1Cl)Nc1sccc1C(=O)O. The topological polar surface area (TPSA) is 75.6 Å². The summed E-state index contributed by atoms with van der Waals surface area (Å²) in [7, 11) is 0. The number of hydrogen-bond acceptors (Lipinski definition) is 4. The number of carboxylic acids is 1. The van der Waals surface area contributed by atoms with Crippen molar-refractivity contribution in [2.75, 3.05) is 11.9 Å². The van der Waals surface area contributed by atoms with Crippen LogP contribution < -0.4 is 10.1 Å². The van der Waals surface area contributed by atoms with Crippen LogP contribution in [0.5, 0.6) is 5.75 Å². The number of aromatic carboxylic acids is 1. The monoisotopic (exact) mass is 311 g/mol. The van der Waals surface area contributed by atoms with Crippen LogP contribution >= 0.6 is 22.9 Å². The second-order valence-corrected chi connectivity index (χ2v) is 5.06. The molecule has 1 heterocycles. The summed E-state index contributed by atoms with van der Waals surface area (Å²) in [5.41, 5.74) is 0.0566. The summed E-state index contributed by atoms with van der Waals surface area (Å²) in [6.45, 7) is -0.249. The lowest BCUT2D eigenvalue weighted by Gasteiger charge is -2.08. The van der Waals surface area contributed by atoms with Gasteiger partial charge in [0.1, 0.15) is 10.8 Å². The number of rotatable bonds is 5. The van der Waals surface area contributed by atoms with Crippen LogP contribution in [0.2, 0.25) is 5.02 Å². The molecule has 5 nitrogen and oxygen atoms in total. The summed E-state index contributed by atoms with van der Waals surface area (Å²) < 4.78 is 5.26. The van der Waals surface area contributed by atoms with Crippen LogP contribution in [0.4, 0.5) is 5.00 Å². The normalized spacial score (nSPS) is 10.1. The maximum atomic E-state index is 11.7. The Kier molecular flexibility index (Phi) is 4.60. The van der Waals surface area contributed by atoms with Crippen molar-refractivity contribution in [3.63, 3.8) is 0 Å². The average Bonchev–Trinajstić information content (AvgIpc) is 2.86. The van der Waals surface area contributed by atoms with Crippen LogP contribution in [0.15, 0.2) is 35.7 Å². The molecule has 20 heavy (non-hydrogen) atoms. The molecule has 104 valence electrons. The van der Waals surface area contributed by atoms with Gasteiger partial charge < -0.3 is 15.2 Å². The van der Waals surface area contributed by atoms with Crippen molar-refractivity contribution in [1.82, 2.24) is 0 Å². The van der Waals surface area contributed by atoms with E-state index in [0.29, 0.717) is 10.8 Å². The molecule has 2 N–H and O–H groups in total. The second-order valence-electron chi connectivity index (χ2n) is 3.74. The number of ether oxygens (including phenoxy) is 1. The summed E-state index contributed by atoms with van der Waals surface area (Å²) in [4.78, 5) is 22.6. The van der Waals surface area contributed by atoms with E-state index in [0.717, 1.165) is 11.3 Å². The lowest BCUT2D eigenvalue weighted by atomic mass is 10.3. The van der Waals surface area contributed by atoms with Crippen molar-refractivity contribution in [2.45, 2.75) is 0 Å². The van der Waals surface area contributed by atoms with E-state index < -0.39 is 11.9 Å². The van der Waals surface area contributed by atoms with E-state index in [-0.39, 0.29) is 17.2 Å². The Labute approximate surface area is 123 Å². The zero-order chi connectivity index (χ0) is 14.5. The third-order valence-corrected chi connectivity index (χ3v) is 3.49. The fourth-order valence-corrected chi connectivity index (χ4v) is 2.43. The molecule has 0 aliphatic rings. The quantitative estimate of drug-likeness (QED) is 0.889. The highest BCUT2D eigenvalue weighted by molar-refractivity contribution is 7.14. The molecular formula is C13H10ClNO4S. The molecule has 7 heteroatoms. The van der Waals surface area contributed by atoms with Gasteiger partial charge >= 0.3 is 5.97 Å². The van der Waals surface area contributed by atoms with Gasteiger partial charge in [-0.15, -0.1) is 11.3 Å². The van der Waals surface area contributed by atoms with E-state index in [1.165, 1.54) is 6.07 Å². The van der Waals surface area contributed by atoms with E-state index >= 15 is 0 Å². The molecule has 0 fully saturated rings. The molecule has 0 aliphatic heterocycles. The minimum atomic E-state index is -1.09. The third kappa shape index (κ3) is 3.49. The van der Waals surface area contributed by atoms with Gasteiger partial charge in [0.25, 0.3) is 5.91 Å². The molecule has 1 amide bonds. The van der Waals surface area contributed by atoms with Crippen LogP contribution in [0.3, 0.4) is 0 Å². The first-order chi connectivity index (χ1) is 9.58. The van der Waals surface area contributed by atoms with Crippen molar-refractivity contribution in [3.8, 4) is 5.75 Å². The van der Waals surface area contributed by atoms with Gasteiger partial charge in [-0.25, -0.2) is 4.79 Å². The van der Waals surface area contributed by atoms with Crippen LogP contribution in [-0.4, -0.2) is 23.6 Å². The molecular weight excluding hydrogens is 302 g/mol. The first-order valence-electron chi connectivity index (χ1n) is 5.56. The first-order valence-corrected chi connectivity index (χ1v) is 6.81. The lowest BCUT2D eigenvalue weighted by Crippen LogP contribution is -2.20. The van der Waals surface area contributed by atoms with Crippen molar-refractivity contribution < 1.29 is 19.4 Å². The summed E-state index contributed by atoms with van der Waals surface area (Å²) in [6, 6.07) is 8.21. The molecule has 2 aromatic rings. The summed E-state index contributed by atoms with van der Waals surface area (Å²) in [5, 5.41) is 13.7. The summed E-state index contributed by atoms with van der Waals surface area (Å²) in [5.74, 6) is -1.14. The summed E-state index contributed by atoms with van der Waals surface area (Å²) in [6.07, 6.45) is 0. The average molecular weight is 312 g/mol. The first kappa shape index (κ1) is 14.4. The molecule has 1 aromatic heterocycles. The zero-order valence-corrected chi connectivity index (χ0v) is 11.7. The third-order valence-electron chi connectivity index (χ3n) is 2.34.